The summed E-state index contributed by atoms with van der Waals surface area (Å²) in [7, 11) is 0. The first-order valence-electron chi connectivity index (χ1n) is 8.52. The Labute approximate surface area is 168 Å². The van der Waals surface area contributed by atoms with E-state index in [0.29, 0.717) is 16.7 Å². The van der Waals surface area contributed by atoms with Crippen molar-refractivity contribution in [3.63, 3.8) is 0 Å². The van der Waals surface area contributed by atoms with E-state index < -0.39 is 17.6 Å². The highest BCUT2D eigenvalue weighted by atomic mass is 19.4. The minimum atomic E-state index is -4.42. The zero-order valence-electron chi connectivity index (χ0n) is 15.5. The van der Waals surface area contributed by atoms with E-state index in [1.54, 1.807) is 26.0 Å². The second kappa shape index (κ2) is 10.0. The Balaban J connectivity index is 0.00000420. The van der Waals surface area contributed by atoms with E-state index in [0.717, 1.165) is 12.1 Å². The summed E-state index contributed by atoms with van der Waals surface area (Å²) in [6, 6.07) is 10.2. The molecule has 0 bridgehead atoms. The highest BCUT2D eigenvalue weighted by Crippen LogP contribution is 2.29. The van der Waals surface area contributed by atoms with Crippen LogP contribution >= 0.6 is 0 Å². The third-order valence-electron chi connectivity index (χ3n) is 4.06. The van der Waals surface area contributed by atoms with Crippen LogP contribution in [0, 0.1) is 11.2 Å². The van der Waals surface area contributed by atoms with Crippen molar-refractivity contribution in [2.75, 3.05) is 0 Å². The second-order valence-electron chi connectivity index (χ2n) is 6.53. The SMILES string of the molecule is C.CC(C)=C(C(=N)Cc1ccc(C(F)(F)F)cc1)C(=O)NCc1ccc(F)cc1. The molecule has 0 saturated heterocycles. The summed E-state index contributed by atoms with van der Waals surface area (Å²) >= 11 is 0. The number of carbonyl (C=O) groups is 1. The van der Waals surface area contributed by atoms with Gasteiger partial charge in [-0.15, -0.1) is 0 Å². The maximum Gasteiger partial charge on any atom is 0.416 e. The molecule has 0 atom stereocenters. The molecule has 0 radical (unpaired) electrons. The number of rotatable bonds is 6. The summed E-state index contributed by atoms with van der Waals surface area (Å²) in [5.74, 6) is -0.834. The molecule has 156 valence electrons. The van der Waals surface area contributed by atoms with Crippen LogP contribution in [-0.4, -0.2) is 11.6 Å². The molecule has 2 aromatic rings. The van der Waals surface area contributed by atoms with Crippen molar-refractivity contribution in [2.45, 2.75) is 40.4 Å². The molecular formula is C22H24F4N2O. The Kier molecular flexibility index (Phi) is 8.30. The van der Waals surface area contributed by atoms with Crippen LogP contribution in [0.1, 0.15) is 38.0 Å². The van der Waals surface area contributed by atoms with Crippen molar-refractivity contribution in [3.8, 4) is 0 Å². The molecule has 0 heterocycles. The lowest BCUT2D eigenvalue weighted by Gasteiger charge is -2.13. The Bertz CT molecular complexity index is 879. The number of hydrogen-bond donors (Lipinski definition) is 2. The highest BCUT2D eigenvalue weighted by molar-refractivity contribution is 6.21. The number of amides is 1. The molecule has 2 aromatic carbocycles. The van der Waals surface area contributed by atoms with Crippen LogP contribution in [0.3, 0.4) is 0 Å². The standard InChI is InChI=1S/C21H20F4N2O.CH4/c1-13(2)19(20(28)27-12-15-5-9-17(22)10-6-15)18(26)11-14-3-7-16(8-4-14)21(23,24)25;/h3-10,26H,11-12H2,1-2H3,(H,27,28);1H4. The van der Waals surface area contributed by atoms with Crippen LogP contribution in [0.25, 0.3) is 0 Å². The van der Waals surface area contributed by atoms with E-state index in [1.807, 2.05) is 0 Å². The Morgan fingerprint density at radius 2 is 1.48 bits per heavy atom. The summed E-state index contributed by atoms with van der Waals surface area (Å²) in [6.07, 6.45) is -4.39. The molecule has 0 saturated carbocycles. The summed E-state index contributed by atoms with van der Waals surface area (Å²) in [5.41, 5.74) is 1.26. The van der Waals surface area contributed by atoms with Gasteiger partial charge in [0.25, 0.3) is 5.91 Å². The van der Waals surface area contributed by atoms with Crippen LogP contribution in [0.5, 0.6) is 0 Å². The summed E-state index contributed by atoms with van der Waals surface area (Å²) in [4.78, 5) is 12.5. The fourth-order valence-corrected chi connectivity index (χ4v) is 2.64. The smallest absolute Gasteiger partial charge is 0.348 e. The van der Waals surface area contributed by atoms with Crippen LogP contribution in [0.2, 0.25) is 0 Å². The molecular weight excluding hydrogens is 384 g/mol. The van der Waals surface area contributed by atoms with Gasteiger partial charge < -0.3 is 10.7 Å². The minimum absolute atomic E-state index is 0. The van der Waals surface area contributed by atoms with Crippen molar-refractivity contribution in [1.82, 2.24) is 5.32 Å². The van der Waals surface area contributed by atoms with Gasteiger partial charge in [0.1, 0.15) is 5.82 Å². The number of carbonyl (C=O) groups excluding carboxylic acids is 1. The van der Waals surface area contributed by atoms with Crippen molar-refractivity contribution < 1.29 is 22.4 Å². The number of hydrogen-bond acceptors (Lipinski definition) is 2. The first kappa shape index (κ1) is 24.1. The molecule has 2 N–H and O–H groups in total. The first-order chi connectivity index (χ1) is 13.1. The van der Waals surface area contributed by atoms with Gasteiger partial charge in [-0.05, 0) is 49.2 Å². The van der Waals surface area contributed by atoms with Crippen LogP contribution in [-0.2, 0) is 23.9 Å². The van der Waals surface area contributed by atoms with Gasteiger partial charge in [-0.2, -0.15) is 13.2 Å². The second-order valence-corrected chi connectivity index (χ2v) is 6.53. The largest absolute Gasteiger partial charge is 0.416 e. The lowest BCUT2D eigenvalue weighted by atomic mass is 9.97. The maximum atomic E-state index is 12.9. The molecule has 7 heteroatoms. The van der Waals surface area contributed by atoms with Crippen molar-refractivity contribution in [3.05, 3.63) is 82.2 Å². The molecule has 29 heavy (non-hydrogen) atoms. The number of alkyl halides is 3. The number of nitrogens with one attached hydrogen (secondary N) is 2. The molecule has 0 aromatic heterocycles. The Morgan fingerprint density at radius 1 is 0.966 bits per heavy atom. The predicted octanol–water partition coefficient (Wildman–Crippen LogP) is 5.70. The van der Waals surface area contributed by atoms with Gasteiger partial charge in [0.15, 0.2) is 0 Å². The van der Waals surface area contributed by atoms with Crippen LogP contribution in [0.15, 0.2) is 59.7 Å². The zero-order chi connectivity index (χ0) is 20.9. The summed E-state index contributed by atoms with van der Waals surface area (Å²) < 4.78 is 50.9. The Morgan fingerprint density at radius 3 is 1.97 bits per heavy atom. The average molecular weight is 408 g/mol. The molecule has 0 fully saturated rings. The molecule has 1 amide bonds. The third kappa shape index (κ3) is 6.85. The van der Waals surface area contributed by atoms with Crippen molar-refractivity contribution in [2.24, 2.45) is 0 Å². The molecule has 3 nitrogen and oxygen atoms in total. The molecule has 0 aliphatic carbocycles. The lowest BCUT2D eigenvalue weighted by Crippen LogP contribution is -2.29. The zero-order valence-corrected chi connectivity index (χ0v) is 15.5. The van der Waals surface area contributed by atoms with E-state index in [9.17, 15) is 22.4 Å². The number of halogens is 4. The molecule has 0 aliphatic heterocycles. The number of allylic oxidation sites excluding steroid dienone is 1. The van der Waals surface area contributed by atoms with Crippen molar-refractivity contribution in [1.29, 1.82) is 5.41 Å². The van der Waals surface area contributed by atoms with E-state index in [-0.39, 0.29) is 37.5 Å². The van der Waals surface area contributed by atoms with E-state index in [4.69, 9.17) is 5.41 Å². The maximum absolute atomic E-state index is 12.9. The number of benzene rings is 2. The first-order valence-corrected chi connectivity index (χ1v) is 8.52. The van der Waals surface area contributed by atoms with Crippen LogP contribution < -0.4 is 5.32 Å². The van der Waals surface area contributed by atoms with Gasteiger partial charge in [-0.25, -0.2) is 4.39 Å². The van der Waals surface area contributed by atoms with Gasteiger partial charge in [0.2, 0.25) is 0 Å². The van der Waals surface area contributed by atoms with E-state index in [1.165, 1.54) is 24.3 Å². The highest BCUT2D eigenvalue weighted by Gasteiger charge is 2.30. The van der Waals surface area contributed by atoms with Gasteiger partial charge >= 0.3 is 6.18 Å². The van der Waals surface area contributed by atoms with Gasteiger partial charge in [-0.3, -0.25) is 4.79 Å². The summed E-state index contributed by atoms with van der Waals surface area (Å²) in [6.45, 7) is 3.55. The van der Waals surface area contributed by atoms with Crippen molar-refractivity contribution >= 4 is 11.6 Å². The minimum Gasteiger partial charge on any atom is -0.348 e. The van der Waals surface area contributed by atoms with Gasteiger partial charge in [0.05, 0.1) is 11.1 Å². The normalized spacial score (nSPS) is 10.7. The monoisotopic (exact) mass is 408 g/mol. The van der Waals surface area contributed by atoms with Gasteiger partial charge in [0, 0.05) is 18.7 Å². The van der Waals surface area contributed by atoms with Gasteiger partial charge in [-0.1, -0.05) is 37.3 Å². The van der Waals surface area contributed by atoms with E-state index >= 15 is 0 Å². The molecule has 0 aliphatic rings. The topological polar surface area (TPSA) is 53.0 Å². The quantitative estimate of drug-likeness (QED) is 0.360. The third-order valence-corrected chi connectivity index (χ3v) is 4.06. The Hall–Kier alpha value is -2.96. The van der Waals surface area contributed by atoms with Crippen LogP contribution in [0.4, 0.5) is 17.6 Å². The average Bonchev–Trinajstić information content (AvgIpc) is 2.60. The summed E-state index contributed by atoms with van der Waals surface area (Å²) in [5, 5.41) is 10.9. The predicted molar refractivity (Wildman–Crippen MR) is 106 cm³/mol. The molecule has 0 unspecified atom stereocenters. The fraction of sp³-hybridized carbons (Fsp3) is 0.273. The van der Waals surface area contributed by atoms with E-state index in [2.05, 4.69) is 5.32 Å². The fourth-order valence-electron chi connectivity index (χ4n) is 2.64. The molecule has 0 spiro atoms. The lowest BCUT2D eigenvalue weighted by molar-refractivity contribution is -0.137. The molecule has 2 rings (SSSR count).